The predicted octanol–water partition coefficient (Wildman–Crippen LogP) is -0.902. The van der Waals surface area contributed by atoms with Crippen LogP contribution in [0.5, 0.6) is 0 Å². The normalized spacial score (nSPS) is 18.2. The van der Waals surface area contributed by atoms with Crippen LogP contribution in [0.4, 0.5) is 0 Å². The van der Waals surface area contributed by atoms with E-state index in [-0.39, 0.29) is 30.7 Å². The zero-order chi connectivity index (χ0) is 26.1. The van der Waals surface area contributed by atoms with Crippen molar-refractivity contribution in [3.05, 3.63) is 58.7 Å². The molecule has 12 heteroatoms. The molecular weight excluding hydrogens is 476 g/mol. The van der Waals surface area contributed by atoms with Gasteiger partial charge in [-0.3, -0.25) is 14.4 Å². The van der Waals surface area contributed by atoms with E-state index in [9.17, 15) is 24.4 Å². The maximum Gasteiger partial charge on any atom is 0.491 e. The molecule has 0 bridgehead atoms. The number of hydrogen-bond acceptors (Lipinski definition) is 7. The highest BCUT2D eigenvalue weighted by molar-refractivity contribution is 6.62. The second kappa shape index (κ2) is 10.7. The molecule has 10 nitrogen and oxygen atoms in total. The number of amides is 3. The van der Waals surface area contributed by atoms with Crippen molar-refractivity contribution >= 4 is 42.9 Å². The Morgan fingerprint density at radius 2 is 1.38 bits per heavy atom. The molecule has 0 radical (unpaired) electrons. The zero-order valence-corrected chi connectivity index (χ0v) is 20.5. The van der Waals surface area contributed by atoms with E-state index >= 15 is 0 Å². The van der Waals surface area contributed by atoms with Crippen LogP contribution >= 0.6 is 0 Å². The summed E-state index contributed by atoms with van der Waals surface area (Å²) in [7, 11) is -2.18. The quantitative estimate of drug-likeness (QED) is 0.307. The predicted molar refractivity (Wildman–Crippen MR) is 136 cm³/mol. The molecule has 0 spiro atoms. The molecule has 3 aliphatic rings. The first-order chi connectivity index (χ1) is 17.8. The number of rotatable bonds is 7. The first-order valence-electron chi connectivity index (χ1n) is 12.6. The third kappa shape index (κ3) is 5.42. The molecule has 2 aliphatic heterocycles. The van der Waals surface area contributed by atoms with E-state index in [2.05, 4.69) is 16.0 Å². The lowest BCUT2D eigenvalue weighted by molar-refractivity contribution is -0.124. The van der Waals surface area contributed by atoms with Crippen LogP contribution in [-0.4, -0.2) is 60.1 Å². The van der Waals surface area contributed by atoms with Gasteiger partial charge in [-0.1, -0.05) is 25.0 Å². The van der Waals surface area contributed by atoms with E-state index in [1.807, 2.05) is 0 Å². The maximum absolute atomic E-state index is 13.3. The van der Waals surface area contributed by atoms with Crippen LogP contribution in [-0.2, 0) is 27.3 Å². The van der Waals surface area contributed by atoms with E-state index in [4.69, 9.17) is 9.31 Å². The second-order valence-corrected chi connectivity index (χ2v) is 9.86. The van der Waals surface area contributed by atoms with Crippen LogP contribution < -0.4 is 26.9 Å². The summed E-state index contributed by atoms with van der Waals surface area (Å²) in [5.41, 5.74) is 3.24. The lowest BCUT2D eigenvalue weighted by Gasteiger charge is -2.27. The number of carbonyl (C=O) groups excluding carboxylic acids is 3. The Kier molecular flexibility index (Phi) is 7.34. The van der Waals surface area contributed by atoms with Crippen molar-refractivity contribution in [1.29, 1.82) is 0 Å². The fraction of sp³-hybridized carbons (Fsp3) is 0.400. The molecule has 2 atom stereocenters. The molecule has 0 aromatic heterocycles. The molecule has 5 rings (SSSR count). The molecule has 2 aromatic carbocycles. The van der Waals surface area contributed by atoms with Gasteiger partial charge in [0.15, 0.2) is 0 Å². The Morgan fingerprint density at radius 1 is 0.865 bits per heavy atom. The summed E-state index contributed by atoms with van der Waals surface area (Å²) in [5.74, 6) is -1.33. The van der Waals surface area contributed by atoms with Gasteiger partial charge in [0.1, 0.15) is 6.04 Å². The third-order valence-corrected chi connectivity index (χ3v) is 7.27. The molecule has 2 heterocycles. The lowest BCUT2D eigenvalue weighted by atomic mass is 9.78. The standard InChI is InChI=1S/C25H29B2N3O7/c1-14(28-23(31)15-6-8-17-12-36-26(34)20(17)10-15)22(25(33)29-19-4-2-3-5-19)30-24(32)16-7-9-18-13-37-27(35)21(18)11-16/h6-11,14,19,22,34-35H,2-5,12-13H2,1H3,(H,28,31)(H,29,33)(H,30,32)/t14-,22-/m0/s1. The maximum atomic E-state index is 13.3. The Balaban J connectivity index is 1.32. The Hall–Kier alpha value is -3.18. The van der Waals surface area contributed by atoms with Crippen LogP contribution in [0.1, 0.15) is 64.4 Å². The van der Waals surface area contributed by atoms with Gasteiger partial charge in [0.25, 0.3) is 11.8 Å². The summed E-state index contributed by atoms with van der Waals surface area (Å²) in [4.78, 5) is 39.5. The second-order valence-electron chi connectivity index (χ2n) is 9.86. The first kappa shape index (κ1) is 25.5. The topological polar surface area (TPSA) is 146 Å². The van der Waals surface area contributed by atoms with Crippen molar-refractivity contribution < 1.29 is 33.7 Å². The van der Waals surface area contributed by atoms with Crippen molar-refractivity contribution in [3.8, 4) is 0 Å². The molecule has 1 saturated carbocycles. The van der Waals surface area contributed by atoms with E-state index in [1.165, 1.54) is 0 Å². The smallest absolute Gasteiger partial charge is 0.423 e. The van der Waals surface area contributed by atoms with Gasteiger partial charge in [-0.05, 0) is 66.1 Å². The molecule has 192 valence electrons. The van der Waals surface area contributed by atoms with Crippen LogP contribution in [0.25, 0.3) is 0 Å². The molecule has 0 saturated heterocycles. The third-order valence-electron chi connectivity index (χ3n) is 7.27. The minimum Gasteiger partial charge on any atom is -0.423 e. The van der Waals surface area contributed by atoms with Gasteiger partial charge in [0.05, 0.1) is 19.3 Å². The van der Waals surface area contributed by atoms with E-state index < -0.39 is 38.1 Å². The lowest BCUT2D eigenvalue weighted by Crippen LogP contribution is -2.58. The summed E-state index contributed by atoms with van der Waals surface area (Å²) >= 11 is 0. The Labute approximate surface area is 215 Å². The van der Waals surface area contributed by atoms with Crippen LogP contribution in [0.3, 0.4) is 0 Å². The minimum atomic E-state index is -1.10. The van der Waals surface area contributed by atoms with E-state index in [1.54, 1.807) is 43.3 Å². The summed E-state index contributed by atoms with van der Waals surface area (Å²) < 4.78 is 10.4. The van der Waals surface area contributed by atoms with Crippen molar-refractivity contribution in [2.75, 3.05) is 0 Å². The summed E-state index contributed by atoms with van der Waals surface area (Å²) in [6, 6.07) is 8.03. The molecule has 2 aromatic rings. The van der Waals surface area contributed by atoms with Gasteiger partial charge in [-0.2, -0.15) is 0 Å². The molecular formula is C25H29B2N3O7. The van der Waals surface area contributed by atoms with Crippen LogP contribution in [0.2, 0.25) is 0 Å². The SMILES string of the molecule is C[C@H](NC(=O)c1ccc2c(c1)B(O)OC2)[C@H](NC(=O)c1ccc2c(c1)B(O)OC2)C(=O)NC1CCCC1. The molecule has 0 unspecified atom stereocenters. The highest BCUT2D eigenvalue weighted by Crippen LogP contribution is 2.18. The van der Waals surface area contributed by atoms with Gasteiger partial charge in [-0.25, -0.2) is 0 Å². The average Bonchev–Trinajstić information content (AvgIpc) is 3.63. The average molecular weight is 505 g/mol. The van der Waals surface area contributed by atoms with Gasteiger partial charge < -0.3 is 35.3 Å². The van der Waals surface area contributed by atoms with Gasteiger partial charge >= 0.3 is 14.2 Å². The highest BCUT2D eigenvalue weighted by Gasteiger charge is 2.33. The van der Waals surface area contributed by atoms with Crippen molar-refractivity contribution in [2.45, 2.75) is 63.9 Å². The molecule has 37 heavy (non-hydrogen) atoms. The van der Waals surface area contributed by atoms with Crippen LogP contribution in [0, 0.1) is 0 Å². The Bertz CT molecular complexity index is 1220. The minimum absolute atomic E-state index is 0.0280. The fourth-order valence-electron chi connectivity index (χ4n) is 5.09. The van der Waals surface area contributed by atoms with Crippen LogP contribution in [0.15, 0.2) is 36.4 Å². The van der Waals surface area contributed by atoms with E-state index in [0.717, 1.165) is 36.8 Å². The van der Waals surface area contributed by atoms with Gasteiger partial charge in [0.2, 0.25) is 5.91 Å². The Morgan fingerprint density at radius 3 is 1.92 bits per heavy atom. The number of benzene rings is 2. The monoisotopic (exact) mass is 505 g/mol. The summed E-state index contributed by atoms with van der Waals surface area (Å²) in [6.45, 7) is 2.19. The highest BCUT2D eigenvalue weighted by atomic mass is 16.5. The number of nitrogens with one attached hydrogen (secondary N) is 3. The van der Waals surface area contributed by atoms with E-state index in [0.29, 0.717) is 16.5 Å². The number of fused-ring (bicyclic) bond motifs is 2. The largest absolute Gasteiger partial charge is 0.491 e. The van der Waals surface area contributed by atoms with Crippen molar-refractivity contribution in [3.63, 3.8) is 0 Å². The first-order valence-corrected chi connectivity index (χ1v) is 12.6. The molecule has 3 amide bonds. The number of hydrogen-bond donors (Lipinski definition) is 5. The molecule has 5 N–H and O–H groups in total. The number of carbonyl (C=O) groups is 3. The fourth-order valence-corrected chi connectivity index (χ4v) is 5.09. The zero-order valence-electron chi connectivity index (χ0n) is 20.5. The van der Waals surface area contributed by atoms with Gasteiger partial charge in [-0.15, -0.1) is 0 Å². The van der Waals surface area contributed by atoms with Crippen molar-refractivity contribution in [2.24, 2.45) is 0 Å². The summed E-state index contributed by atoms with van der Waals surface area (Å²) in [6.07, 6.45) is 3.80. The van der Waals surface area contributed by atoms with Gasteiger partial charge in [0, 0.05) is 17.2 Å². The molecule has 1 fully saturated rings. The summed E-state index contributed by atoms with van der Waals surface area (Å²) in [5, 5.41) is 28.6. The van der Waals surface area contributed by atoms with Crippen molar-refractivity contribution in [1.82, 2.24) is 16.0 Å². The molecule has 1 aliphatic carbocycles.